The number of nitrogens with one attached hydrogen (secondary N) is 1. The quantitative estimate of drug-likeness (QED) is 0.874. The molecule has 0 fully saturated rings. The van der Waals surface area contributed by atoms with E-state index in [1.807, 2.05) is 0 Å². The Bertz CT molecular complexity index is 763. The molecule has 7 heteroatoms. The van der Waals surface area contributed by atoms with Gasteiger partial charge in [-0.15, -0.1) is 0 Å². The molecule has 0 saturated carbocycles. The third-order valence-electron chi connectivity index (χ3n) is 2.78. The molecule has 0 saturated heterocycles. The average Bonchev–Trinajstić information content (AvgIpc) is 2.37. The normalized spacial score (nSPS) is 11.2. The number of nitrogens with zero attached hydrogens (tertiary/aromatic N) is 2. The number of Topliss-reactive ketones (excluding diaryl/α,β-unsaturated/α-hetero) is 1. The molecular formula is C14H15N3O3S. The molecule has 1 heterocycles. The minimum atomic E-state index is -3.78. The van der Waals surface area contributed by atoms with E-state index in [1.165, 1.54) is 31.2 Å². The van der Waals surface area contributed by atoms with Gasteiger partial charge < -0.3 is 0 Å². The highest BCUT2D eigenvalue weighted by Crippen LogP contribution is 2.15. The zero-order chi connectivity index (χ0) is 15.6. The molecular weight excluding hydrogens is 290 g/mol. The van der Waals surface area contributed by atoms with Crippen LogP contribution in [-0.2, 0) is 10.0 Å². The number of benzene rings is 1. The van der Waals surface area contributed by atoms with Gasteiger partial charge in [-0.1, -0.05) is 12.1 Å². The molecule has 0 radical (unpaired) electrons. The fourth-order valence-corrected chi connectivity index (χ4v) is 2.76. The second-order valence-corrected chi connectivity index (χ2v) is 6.34. The van der Waals surface area contributed by atoms with Gasteiger partial charge in [0.15, 0.2) is 5.78 Å². The van der Waals surface area contributed by atoms with Crippen molar-refractivity contribution < 1.29 is 13.2 Å². The van der Waals surface area contributed by atoms with Crippen molar-refractivity contribution in [2.45, 2.75) is 25.7 Å². The molecule has 2 aromatic rings. The number of carbonyl (C=O) groups is 1. The van der Waals surface area contributed by atoms with E-state index < -0.39 is 10.0 Å². The highest BCUT2D eigenvalue weighted by atomic mass is 32.2. The van der Waals surface area contributed by atoms with Crippen molar-refractivity contribution in [1.82, 2.24) is 9.97 Å². The summed E-state index contributed by atoms with van der Waals surface area (Å²) in [7, 11) is -3.78. The van der Waals surface area contributed by atoms with Crippen LogP contribution in [0.1, 0.15) is 28.7 Å². The third kappa shape index (κ3) is 3.63. The molecule has 21 heavy (non-hydrogen) atoms. The Hall–Kier alpha value is -2.28. The molecule has 0 aliphatic rings. The Morgan fingerprint density at radius 2 is 1.57 bits per heavy atom. The lowest BCUT2D eigenvalue weighted by Gasteiger charge is -2.08. The largest absolute Gasteiger partial charge is 0.295 e. The van der Waals surface area contributed by atoms with E-state index in [0.717, 1.165) is 0 Å². The summed E-state index contributed by atoms with van der Waals surface area (Å²) in [6.07, 6.45) is 0. The highest BCUT2D eigenvalue weighted by molar-refractivity contribution is 7.92. The molecule has 0 atom stereocenters. The Labute approximate surface area is 123 Å². The van der Waals surface area contributed by atoms with Crippen molar-refractivity contribution in [2.24, 2.45) is 0 Å². The number of aryl methyl sites for hydroxylation is 2. The number of rotatable bonds is 4. The van der Waals surface area contributed by atoms with Gasteiger partial charge in [-0.05, 0) is 39.0 Å². The van der Waals surface area contributed by atoms with Crippen LogP contribution in [0.25, 0.3) is 0 Å². The first kappa shape index (κ1) is 15.1. The van der Waals surface area contributed by atoms with Crippen molar-refractivity contribution in [3.05, 3.63) is 47.3 Å². The average molecular weight is 305 g/mol. The van der Waals surface area contributed by atoms with Gasteiger partial charge in [0.2, 0.25) is 5.95 Å². The molecule has 110 valence electrons. The van der Waals surface area contributed by atoms with Gasteiger partial charge in [-0.25, -0.2) is 23.1 Å². The topological polar surface area (TPSA) is 89.0 Å². The van der Waals surface area contributed by atoms with E-state index in [0.29, 0.717) is 17.0 Å². The second-order valence-electron chi connectivity index (χ2n) is 4.66. The molecule has 0 unspecified atom stereocenters. The number of hydrogen-bond acceptors (Lipinski definition) is 5. The van der Waals surface area contributed by atoms with E-state index in [1.54, 1.807) is 19.9 Å². The minimum Gasteiger partial charge on any atom is -0.295 e. The van der Waals surface area contributed by atoms with Gasteiger partial charge in [0.1, 0.15) is 0 Å². The Kier molecular flexibility index (Phi) is 4.04. The predicted octanol–water partition coefficient (Wildman–Crippen LogP) is 2.10. The molecule has 6 nitrogen and oxygen atoms in total. The summed E-state index contributed by atoms with van der Waals surface area (Å²) >= 11 is 0. The standard InChI is InChI=1S/C14H15N3O3S/c1-9-8-10(2)16-14(15-9)17-21(19,20)13-6-4-12(5-7-13)11(3)18/h4-8H,1-3H3,(H,15,16,17). The molecule has 0 aliphatic heterocycles. The van der Waals surface area contributed by atoms with Crippen LogP contribution >= 0.6 is 0 Å². The summed E-state index contributed by atoms with van der Waals surface area (Å²) in [4.78, 5) is 19.3. The Morgan fingerprint density at radius 1 is 1.05 bits per heavy atom. The number of aromatic nitrogens is 2. The molecule has 0 spiro atoms. The maximum atomic E-state index is 12.2. The Balaban J connectivity index is 2.31. The SMILES string of the molecule is CC(=O)c1ccc(S(=O)(=O)Nc2nc(C)cc(C)n2)cc1. The first-order chi connectivity index (χ1) is 9.78. The fourth-order valence-electron chi connectivity index (χ4n) is 1.82. The molecule has 1 aromatic carbocycles. The van der Waals surface area contributed by atoms with Crippen molar-refractivity contribution in [3.63, 3.8) is 0 Å². The summed E-state index contributed by atoms with van der Waals surface area (Å²) in [5, 5.41) is 0. The number of carbonyl (C=O) groups excluding carboxylic acids is 1. The third-order valence-corrected chi connectivity index (χ3v) is 4.12. The predicted molar refractivity (Wildman–Crippen MR) is 78.8 cm³/mol. The lowest BCUT2D eigenvalue weighted by atomic mass is 10.2. The monoisotopic (exact) mass is 305 g/mol. The summed E-state index contributed by atoms with van der Waals surface area (Å²) in [5.74, 6) is -0.0901. The van der Waals surface area contributed by atoms with Crippen LogP contribution in [0.4, 0.5) is 5.95 Å². The van der Waals surface area contributed by atoms with E-state index >= 15 is 0 Å². The molecule has 0 amide bonds. The van der Waals surface area contributed by atoms with Crippen LogP contribution in [0, 0.1) is 13.8 Å². The lowest BCUT2D eigenvalue weighted by Crippen LogP contribution is -2.15. The van der Waals surface area contributed by atoms with Gasteiger partial charge >= 0.3 is 0 Å². The van der Waals surface area contributed by atoms with Crippen molar-refractivity contribution in [1.29, 1.82) is 0 Å². The van der Waals surface area contributed by atoms with Crippen LogP contribution in [0.5, 0.6) is 0 Å². The summed E-state index contributed by atoms with van der Waals surface area (Å²) < 4.78 is 26.8. The lowest BCUT2D eigenvalue weighted by molar-refractivity contribution is 0.101. The van der Waals surface area contributed by atoms with Crippen molar-refractivity contribution in [3.8, 4) is 0 Å². The zero-order valence-corrected chi connectivity index (χ0v) is 12.7. The van der Waals surface area contributed by atoms with Crippen LogP contribution in [0.3, 0.4) is 0 Å². The van der Waals surface area contributed by atoms with Crippen molar-refractivity contribution >= 4 is 21.8 Å². The van der Waals surface area contributed by atoms with Crippen LogP contribution in [0.15, 0.2) is 35.2 Å². The van der Waals surface area contributed by atoms with Crippen LogP contribution in [0.2, 0.25) is 0 Å². The molecule has 1 aromatic heterocycles. The molecule has 2 rings (SSSR count). The van der Waals surface area contributed by atoms with Gasteiger partial charge in [0.05, 0.1) is 4.90 Å². The highest BCUT2D eigenvalue weighted by Gasteiger charge is 2.16. The Morgan fingerprint density at radius 3 is 2.05 bits per heavy atom. The van der Waals surface area contributed by atoms with Gasteiger partial charge in [0.25, 0.3) is 10.0 Å². The van der Waals surface area contributed by atoms with Gasteiger partial charge in [-0.3, -0.25) is 4.79 Å². The first-order valence-electron chi connectivity index (χ1n) is 6.24. The summed E-state index contributed by atoms with van der Waals surface area (Å²) in [6.45, 7) is 4.94. The maximum Gasteiger partial charge on any atom is 0.264 e. The van der Waals surface area contributed by atoms with Crippen LogP contribution in [-0.4, -0.2) is 24.2 Å². The minimum absolute atomic E-state index is 0.0307. The van der Waals surface area contributed by atoms with E-state index in [-0.39, 0.29) is 16.6 Å². The van der Waals surface area contributed by atoms with Crippen molar-refractivity contribution in [2.75, 3.05) is 4.72 Å². The molecule has 0 aliphatic carbocycles. The number of anilines is 1. The van der Waals surface area contributed by atoms with Gasteiger partial charge in [-0.2, -0.15) is 0 Å². The first-order valence-corrected chi connectivity index (χ1v) is 7.72. The number of hydrogen-bond donors (Lipinski definition) is 1. The number of ketones is 1. The van der Waals surface area contributed by atoms with E-state index in [2.05, 4.69) is 14.7 Å². The molecule has 0 bridgehead atoms. The maximum absolute atomic E-state index is 12.2. The van der Waals surface area contributed by atoms with Crippen LogP contribution < -0.4 is 4.72 Å². The van der Waals surface area contributed by atoms with E-state index in [4.69, 9.17) is 0 Å². The summed E-state index contributed by atoms with van der Waals surface area (Å²) in [5.41, 5.74) is 1.80. The fraction of sp³-hybridized carbons (Fsp3) is 0.214. The smallest absolute Gasteiger partial charge is 0.264 e. The number of sulfonamides is 1. The second kappa shape index (κ2) is 5.61. The summed E-state index contributed by atoms with van der Waals surface area (Å²) in [6, 6.07) is 7.45. The molecule has 1 N–H and O–H groups in total. The van der Waals surface area contributed by atoms with E-state index in [9.17, 15) is 13.2 Å². The zero-order valence-electron chi connectivity index (χ0n) is 11.9. The van der Waals surface area contributed by atoms with Gasteiger partial charge in [0, 0.05) is 17.0 Å².